The number of nitrogens with zero attached hydrogens (tertiary/aromatic N) is 4. The monoisotopic (exact) mass is 340 g/mol. The van der Waals surface area contributed by atoms with Gasteiger partial charge >= 0.3 is 0 Å². The van der Waals surface area contributed by atoms with Crippen LogP contribution in [0.2, 0.25) is 0 Å². The molecule has 0 aliphatic carbocycles. The van der Waals surface area contributed by atoms with Gasteiger partial charge in [-0.3, -0.25) is 4.79 Å². The zero-order valence-electron chi connectivity index (χ0n) is 12.8. The number of aromatic nitrogens is 4. The summed E-state index contributed by atoms with van der Waals surface area (Å²) in [6.45, 7) is 0. The van der Waals surface area contributed by atoms with Gasteiger partial charge in [-0.1, -0.05) is 5.21 Å². The third-order valence-electron chi connectivity index (χ3n) is 4.96. The van der Waals surface area contributed by atoms with Crippen molar-refractivity contribution in [2.24, 2.45) is 0 Å². The molecular weight excluding hydrogens is 324 g/mol. The Kier molecular flexibility index (Phi) is 3.14. The lowest BCUT2D eigenvalue weighted by molar-refractivity contribution is 0.0926. The van der Waals surface area contributed by atoms with Crippen LogP contribution in [0.5, 0.6) is 0 Å². The summed E-state index contributed by atoms with van der Waals surface area (Å²) in [4.78, 5) is 16.9. The fourth-order valence-corrected chi connectivity index (χ4v) is 4.66. The lowest BCUT2D eigenvalue weighted by atomic mass is 9.95. The molecule has 2 bridgehead atoms. The van der Waals surface area contributed by atoms with Crippen LogP contribution in [0.15, 0.2) is 30.0 Å². The summed E-state index contributed by atoms with van der Waals surface area (Å²) in [5.74, 6) is -0.105. The summed E-state index contributed by atoms with van der Waals surface area (Å²) in [7, 11) is 0. The maximum atomic E-state index is 12.6. The van der Waals surface area contributed by atoms with E-state index in [2.05, 4.69) is 25.9 Å². The van der Waals surface area contributed by atoms with Crippen LogP contribution in [-0.2, 0) is 0 Å². The number of carbonyl (C=O) groups excluding carboxylic acids is 1. The molecule has 2 aliphatic heterocycles. The van der Waals surface area contributed by atoms with Crippen LogP contribution in [0, 0.1) is 0 Å². The van der Waals surface area contributed by atoms with Crippen LogP contribution in [0.25, 0.3) is 15.8 Å². The fourth-order valence-electron chi connectivity index (χ4n) is 3.78. The number of hydrogen-bond acceptors (Lipinski definition) is 6. The topological polar surface area (TPSA) is 84.7 Å². The summed E-state index contributed by atoms with van der Waals surface area (Å²) in [5.41, 5.74) is 1.37. The van der Waals surface area contributed by atoms with Crippen LogP contribution >= 0.6 is 11.3 Å². The van der Waals surface area contributed by atoms with Gasteiger partial charge in [0.2, 0.25) is 0 Å². The summed E-state index contributed by atoms with van der Waals surface area (Å²) < 4.78 is 2.74. The maximum absolute atomic E-state index is 12.6. The molecule has 2 aliphatic rings. The third kappa shape index (κ3) is 2.22. The van der Waals surface area contributed by atoms with Crippen molar-refractivity contribution in [2.75, 3.05) is 0 Å². The molecule has 122 valence electrons. The Morgan fingerprint density at radius 3 is 3.12 bits per heavy atom. The minimum Gasteiger partial charge on any atom is -0.346 e. The molecule has 3 aromatic heterocycles. The zero-order valence-corrected chi connectivity index (χ0v) is 13.7. The highest BCUT2D eigenvalue weighted by molar-refractivity contribution is 7.17. The van der Waals surface area contributed by atoms with Gasteiger partial charge in [0.25, 0.3) is 5.91 Å². The van der Waals surface area contributed by atoms with Gasteiger partial charge in [-0.25, -0.2) is 9.67 Å². The second kappa shape index (κ2) is 5.35. The summed E-state index contributed by atoms with van der Waals surface area (Å²) in [6.07, 6.45) is 8.57. The molecule has 24 heavy (non-hydrogen) atoms. The van der Waals surface area contributed by atoms with Gasteiger partial charge in [0.1, 0.15) is 5.69 Å². The predicted molar refractivity (Wildman–Crippen MR) is 90.4 cm³/mol. The first kappa shape index (κ1) is 14.1. The summed E-state index contributed by atoms with van der Waals surface area (Å²) >= 11 is 1.58. The second-order valence-corrected chi connectivity index (χ2v) is 7.31. The minimum atomic E-state index is -0.105. The molecule has 3 aromatic rings. The molecule has 0 spiro atoms. The quantitative estimate of drug-likeness (QED) is 0.755. The van der Waals surface area contributed by atoms with E-state index in [-0.39, 0.29) is 11.9 Å². The van der Waals surface area contributed by atoms with Gasteiger partial charge in [0.05, 0.1) is 22.8 Å². The van der Waals surface area contributed by atoms with Crippen molar-refractivity contribution in [3.63, 3.8) is 0 Å². The molecule has 0 radical (unpaired) electrons. The molecule has 2 N–H and O–H groups in total. The van der Waals surface area contributed by atoms with Crippen molar-refractivity contribution < 1.29 is 4.79 Å². The maximum Gasteiger partial charge on any atom is 0.270 e. The SMILES string of the molecule is O=C(N[C@@H]1C[C@H]2CC[C@@H]1N2)c1cc2c(-n3ccnn3)csc2cn1. The van der Waals surface area contributed by atoms with E-state index in [1.165, 1.54) is 6.42 Å². The number of nitrogens with one attached hydrogen (secondary N) is 2. The number of carbonyl (C=O) groups is 1. The number of hydrogen-bond donors (Lipinski definition) is 2. The van der Waals surface area contributed by atoms with Crippen molar-refractivity contribution in [2.45, 2.75) is 37.4 Å². The summed E-state index contributed by atoms with van der Waals surface area (Å²) in [6, 6.07) is 3.03. The lowest BCUT2D eigenvalue weighted by Crippen LogP contribution is -2.43. The second-order valence-electron chi connectivity index (χ2n) is 6.40. The first-order chi connectivity index (χ1) is 11.8. The molecule has 2 fully saturated rings. The number of thiophene rings is 1. The zero-order chi connectivity index (χ0) is 16.1. The van der Waals surface area contributed by atoms with E-state index in [9.17, 15) is 4.79 Å². The van der Waals surface area contributed by atoms with Gasteiger partial charge in [0.15, 0.2) is 0 Å². The van der Waals surface area contributed by atoms with E-state index >= 15 is 0 Å². The Balaban J connectivity index is 1.44. The number of rotatable bonds is 3. The highest BCUT2D eigenvalue weighted by Crippen LogP contribution is 2.30. The molecule has 2 saturated heterocycles. The fraction of sp³-hybridized carbons (Fsp3) is 0.375. The van der Waals surface area contributed by atoms with E-state index < -0.39 is 0 Å². The van der Waals surface area contributed by atoms with Gasteiger partial charge in [-0.2, -0.15) is 0 Å². The molecule has 5 rings (SSSR count). The summed E-state index contributed by atoms with van der Waals surface area (Å²) in [5, 5.41) is 17.5. The van der Waals surface area contributed by atoms with Gasteiger partial charge in [0, 0.05) is 35.1 Å². The first-order valence-electron chi connectivity index (χ1n) is 8.09. The third-order valence-corrected chi connectivity index (χ3v) is 5.88. The molecular formula is C16H16N6OS. The molecule has 7 nitrogen and oxygen atoms in total. The normalized spacial score (nSPS) is 25.4. The van der Waals surface area contributed by atoms with Crippen molar-refractivity contribution in [3.05, 3.63) is 35.7 Å². The highest BCUT2D eigenvalue weighted by Gasteiger charge is 2.39. The largest absolute Gasteiger partial charge is 0.346 e. The lowest BCUT2D eigenvalue weighted by Gasteiger charge is -2.21. The Hall–Kier alpha value is -2.32. The molecule has 5 heterocycles. The Labute approximate surface area is 142 Å². The van der Waals surface area contributed by atoms with Crippen molar-refractivity contribution in [1.29, 1.82) is 0 Å². The van der Waals surface area contributed by atoms with E-state index in [0.717, 1.165) is 28.6 Å². The van der Waals surface area contributed by atoms with Gasteiger partial charge in [-0.05, 0) is 25.3 Å². The highest BCUT2D eigenvalue weighted by atomic mass is 32.1. The average molecular weight is 340 g/mol. The van der Waals surface area contributed by atoms with Gasteiger partial charge in [-0.15, -0.1) is 16.4 Å². The van der Waals surface area contributed by atoms with Crippen molar-refractivity contribution in [1.82, 2.24) is 30.6 Å². The molecule has 0 aromatic carbocycles. The number of pyridine rings is 1. The Morgan fingerprint density at radius 1 is 1.42 bits per heavy atom. The van der Waals surface area contributed by atoms with E-state index in [1.54, 1.807) is 34.6 Å². The predicted octanol–water partition coefficient (Wildman–Crippen LogP) is 1.50. The molecule has 8 heteroatoms. The number of amides is 1. The number of fused-ring (bicyclic) bond motifs is 3. The standard InChI is InChI=1S/C16H16N6OS/c23-16(20-12-5-9-1-2-11(12)19-9)13-6-10-14(22-4-3-18-21-22)8-24-15(10)7-17-13/h3-4,6-9,11-12,19H,1-2,5H2,(H,20,23)/t9-,11+,12-/m1/s1. The van der Waals surface area contributed by atoms with Gasteiger partial charge < -0.3 is 10.6 Å². The van der Waals surface area contributed by atoms with E-state index in [0.29, 0.717) is 17.8 Å². The van der Waals surface area contributed by atoms with Crippen LogP contribution in [0.4, 0.5) is 0 Å². The van der Waals surface area contributed by atoms with Crippen LogP contribution in [-0.4, -0.2) is 44.0 Å². The van der Waals surface area contributed by atoms with Crippen LogP contribution in [0.3, 0.4) is 0 Å². The van der Waals surface area contributed by atoms with Crippen molar-refractivity contribution in [3.8, 4) is 5.69 Å². The Morgan fingerprint density at radius 2 is 2.38 bits per heavy atom. The van der Waals surface area contributed by atoms with E-state index in [4.69, 9.17) is 0 Å². The minimum absolute atomic E-state index is 0.105. The molecule has 1 amide bonds. The van der Waals surface area contributed by atoms with Crippen LogP contribution in [0.1, 0.15) is 29.8 Å². The molecule has 0 saturated carbocycles. The molecule has 0 unspecified atom stereocenters. The average Bonchev–Trinajstić information content (AvgIpc) is 3.36. The van der Waals surface area contributed by atoms with Crippen LogP contribution < -0.4 is 10.6 Å². The molecule has 3 atom stereocenters. The first-order valence-corrected chi connectivity index (χ1v) is 8.97. The van der Waals surface area contributed by atoms with Crippen molar-refractivity contribution >= 4 is 27.3 Å². The Bertz CT molecular complexity index is 905. The van der Waals surface area contributed by atoms with E-state index in [1.807, 2.05) is 11.4 Å². The smallest absolute Gasteiger partial charge is 0.270 e.